The van der Waals surface area contributed by atoms with Gasteiger partial charge in [-0.1, -0.05) is 0 Å². The average Bonchev–Trinajstić information content (AvgIpc) is 3.44. The molecule has 196 valence electrons. The molecule has 1 unspecified atom stereocenters. The number of carbonyl (C=O) groups excluding carboxylic acids is 1. The van der Waals surface area contributed by atoms with Gasteiger partial charge in [-0.3, -0.25) is 4.79 Å². The fourth-order valence-corrected chi connectivity index (χ4v) is 5.01. The highest BCUT2D eigenvalue weighted by Crippen LogP contribution is 2.33. The molecule has 0 aliphatic carbocycles. The fraction of sp³-hybridized carbons (Fsp3) is 0.423. The number of nitrogen functional groups attached to an aromatic ring is 1. The summed E-state index contributed by atoms with van der Waals surface area (Å²) in [6, 6.07) is 7.45. The van der Waals surface area contributed by atoms with Crippen LogP contribution in [0, 0.1) is 11.7 Å². The molecule has 11 heteroatoms. The standard InChI is InChI=1S/C26H29F3N6O2/c1-15(19-10-17(30)11-21(24(19)27)25(28)29)32-23-13-31-33-22-3-2-18(12-20(22)23)34-5-7-35(8-6-34)26(36)16-4-9-37-14-16/h2-3,10-13,15-16,25H,4-9,14,30H2,1H3,(H,32,33)/t15-,16?/m1/s1. The number of piperazine rings is 1. The largest absolute Gasteiger partial charge is 0.399 e. The van der Waals surface area contributed by atoms with Gasteiger partial charge in [-0.2, -0.15) is 10.2 Å². The summed E-state index contributed by atoms with van der Waals surface area (Å²) in [4.78, 5) is 16.8. The first-order chi connectivity index (χ1) is 17.8. The van der Waals surface area contributed by atoms with E-state index in [2.05, 4.69) is 20.4 Å². The first kappa shape index (κ1) is 25.1. The molecule has 2 aliphatic rings. The van der Waals surface area contributed by atoms with Crippen molar-refractivity contribution >= 4 is 33.9 Å². The normalized spacial score (nSPS) is 19.0. The Balaban J connectivity index is 1.35. The van der Waals surface area contributed by atoms with Crippen molar-refractivity contribution in [2.45, 2.75) is 25.8 Å². The van der Waals surface area contributed by atoms with Gasteiger partial charge in [0.25, 0.3) is 6.43 Å². The molecule has 3 aromatic rings. The Bertz CT molecular complexity index is 1290. The molecule has 1 amide bonds. The predicted molar refractivity (Wildman–Crippen MR) is 135 cm³/mol. The Hall–Kier alpha value is -3.60. The van der Waals surface area contributed by atoms with Crippen LogP contribution in [0.25, 0.3) is 10.9 Å². The number of nitrogens with zero attached hydrogens (tertiary/aromatic N) is 4. The summed E-state index contributed by atoms with van der Waals surface area (Å²) in [6.07, 6.45) is -0.661. The number of benzene rings is 2. The molecule has 2 aliphatic heterocycles. The summed E-state index contributed by atoms with van der Waals surface area (Å²) in [7, 11) is 0. The second kappa shape index (κ2) is 10.4. The molecule has 2 fully saturated rings. The van der Waals surface area contributed by atoms with Gasteiger partial charge >= 0.3 is 0 Å². The average molecular weight is 515 g/mol. The summed E-state index contributed by atoms with van der Waals surface area (Å²) < 4.78 is 46.8. The first-order valence-electron chi connectivity index (χ1n) is 12.3. The number of carbonyl (C=O) groups is 1. The maximum absolute atomic E-state index is 14.8. The van der Waals surface area contributed by atoms with Crippen molar-refractivity contribution in [2.24, 2.45) is 5.92 Å². The molecule has 0 spiro atoms. The third-order valence-corrected chi connectivity index (χ3v) is 7.08. The zero-order valence-electron chi connectivity index (χ0n) is 20.5. The lowest BCUT2D eigenvalue weighted by atomic mass is 10.0. The van der Waals surface area contributed by atoms with E-state index in [9.17, 15) is 18.0 Å². The van der Waals surface area contributed by atoms with Crippen LogP contribution in [-0.4, -0.2) is 60.4 Å². The van der Waals surface area contributed by atoms with Crippen molar-refractivity contribution < 1.29 is 22.7 Å². The van der Waals surface area contributed by atoms with E-state index in [1.54, 1.807) is 6.92 Å². The minimum atomic E-state index is -2.97. The number of ether oxygens (including phenoxy) is 1. The Morgan fingerprint density at radius 1 is 1.16 bits per heavy atom. The number of fused-ring (bicyclic) bond motifs is 1. The van der Waals surface area contributed by atoms with Gasteiger partial charge in [0.15, 0.2) is 0 Å². The van der Waals surface area contributed by atoms with E-state index in [4.69, 9.17) is 10.5 Å². The van der Waals surface area contributed by atoms with Crippen molar-refractivity contribution in [3.63, 3.8) is 0 Å². The van der Waals surface area contributed by atoms with Crippen LogP contribution >= 0.6 is 0 Å². The first-order valence-corrected chi connectivity index (χ1v) is 12.3. The van der Waals surface area contributed by atoms with Crippen molar-refractivity contribution in [3.8, 4) is 0 Å². The van der Waals surface area contributed by atoms with Gasteiger partial charge in [-0.25, -0.2) is 13.2 Å². The molecule has 0 saturated carbocycles. The van der Waals surface area contributed by atoms with Crippen LogP contribution in [0.1, 0.15) is 36.9 Å². The number of alkyl halides is 2. The molecule has 3 N–H and O–H groups in total. The lowest BCUT2D eigenvalue weighted by Gasteiger charge is -2.37. The van der Waals surface area contributed by atoms with Crippen LogP contribution in [0.3, 0.4) is 0 Å². The second-order valence-corrected chi connectivity index (χ2v) is 9.51. The number of hydrogen-bond acceptors (Lipinski definition) is 7. The molecule has 5 rings (SSSR count). The van der Waals surface area contributed by atoms with Crippen LogP contribution in [0.2, 0.25) is 0 Å². The summed E-state index contributed by atoms with van der Waals surface area (Å²) in [5.41, 5.74) is 7.35. The maximum Gasteiger partial charge on any atom is 0.266 e. The van der Waals surface area contributed by atoms with E-state index < -0.39 is 23.8 Å². The van der Waals surface area contributed by atoms with Crippen LogP contribution in [0.4, 0.5) is 30.2 Å². The van der Waals surface area contributed by atoms with Crippen molar-refractivity contribution in [1.82, 2.24) is 15.1 Å². The van der Waals surface area contributed by atoms with Gasteiger partial charge in [0.2, 0.25) is 5.91 Å². The third-order valence-electron chi connectivity index (χ3n) is 7.08. The molecule has 3 heterocycles. The van der Waals surface area contributed by atoms with Gasteiger partial charge < -0.3 is 25.6 Å². The Kier molecular flexibility index (Phi) is 7.05. The number of nitrogens with one attached hydrogen (secondary N) is 1. The third kappa shape index (κ3) is 5.13. The molecule has 1 aromatic heterocycles. The van der Waals surface area contributed by atoms with E-state index in [0.29, 0.717) is 50.6 Å². The van der Waals surface area contributed by atoms with E-state index in [1.807, 2.05) is 23.1 Å². The summed E-state index contributed by atoms with van der Waals surface area (Å²) in [6.45, 7) is 5.46. The number of anilines is 3. The Morgan fingerprint density at radius 2 is 1.92 bits per heavy atom. The maximum atomic E-state index is 14.8. The smallest absolute Gasteiger partial charge is 0.266 e. The zero-order valence-corrected chi connectivity index (χ0v) is 20.5. The van der Waals surface area contributed by atoms with Crippen LogP contribution < -0.4 is 16.0 Å². The lowest BCUT2D eigenvalue weighted by Crippen LogP contribution is -2.50. The molecule has 8 nitrogen and oxygen atoms in total. The topological polar surface area (TPSA) is 96.6 Å². The number of nitrogens with two attached hydrogens (primary N) is 1. The predicted octanol–water partition coefficient (Wildman–Crippen LogP) is 4.15. The fourth-order valence-electron chi connectivity index (χ4n) is 5.01. The Morgan fingerprint density at radius 3 is 2.62 bits per heavy atom. The minimum absolute atomic E-state index is 0.0389. The van der Waals surface area contributed by atoms with E-state index in [0.717, 1.165) is 23.6 Å². The van der Waals surface area contributed by atoms with Crippen LogP contribution in [0.15, 0.2) is 36.5 Å². The van der Waals surface area contributed by atoms with Gasteiger partial charge in [0.05, 0.1) is 41.5 Å². The quantitative estimate of drug-likeness (QED) is 0.477. The number of halogens is 3. The molecular formula is C26H29F3N6O2. The molecule has 2 aromatic carbocycles. The second-order valence-electron chi connectivity index (χ2n) is 9.51. The highest BCUT2D eigenvalue weighted by molar-refractivity contribution is 5.93. The van der Waals surface area contributed by atoms with E-state index >= 15 is 0 Å². The van der Waals surface area contributed by atoms with Gasteiger partial charge in [0, 0.05) is 55.1 Å². The number of amides is 1. The monoisotopic (exact) mass is 514 g/mol. The molecule has 2 saturated heterocycles. The van der Waals surface area contributed by atoms with Crippen LogP contribution in [0.5, 0.6) is 0 Å². The van der Waals surface area contributed by atoms with Crippen molar-refractivity contribution in [2.75, 3.05) is 55.3 Å². The van der Waals surface area contributed by atoms with Gasteiger partial charge in [-0.05, 0) is 43.7 Å². The zero-order chi connectivity index (χ0) is 26.1. The minimum Gasteiger partial charge on any atom is -0.399 e. The summed E-state index contributed by atoms with van der Waals surface area (Å²) >= 11 is 0. The van der Waals surface area contributed by atoms with Gasteiger partial charge in [-0.15, -0.1) is 0 Å². The van der Waals surface area contributed by atoms with E-state index in [-0.39, 0.29) is 23.1 Å². The molecule has 37 heavy (non-hydrogen) atoms. The number of hydrogen-bond donors (Lipinski definition) is 2. The highest BCUT2D eigenvalue weighted by atomic mass is 19.3. The van der Waals surface area contributed by atoms with Crippen molar-refractivity contribution in [1.29, 1.82) is 0 Å². The van der Waals surface area contributed by atoms with Crippen LogP contribution in [-0.2, 0) is 9.53 Å². The molecular weight excluding hydrogens is 485 g/mol. The lowest BCUT2D eigenvalue weighted by molar-refractivity contribution is -0.135. The molecule has 0 bridgehead atoms. The number of aromatic nitrogens is 2. The van der Waals surface area contributed by atoms with E-state index in [1.165, 1.54) is 12.3 Å². The Labute approximate surface area is 212 Å². The SMILES string of the molecule is C[C@@H](Nc1cnnc2ccc(N3CCN(C(=O)C4CCOC4)CC3)cc12)c1cc(N)cc(C(F)F)c1F. The molecule has 0 radical (unpaired) electrons. The summed E-state index contributed by atoms with van der Waals surface area (Å²) in [5, 5.41) is 12.2. The van der Waals surface area contributed by atoms with Crippen molar-refractivity contribution in [3.05, 3.63) is 53.5 Å². The highest BCUT2D eigenvalue weighted by Gasteiger charge is 2.30. The molecule has 2 atom stereocenters. The van der Waals surface area contributed by atoms with Gasteiger partial charge in [0.1, 0.15) is 5.82 Å². The number of rotatable bonds is 6. The summed E-state index contributed by atoms with van der Waals surface area (Å²) in [5.74, 6) is -0.856.